The van der Waals surface area contributed by atoms with E-state index in [1.54, 1.807) is 7.11 Å². The van der Waals surface area contributed by atoms with Crippen LogP contribution in [0, 0.1) is 0 Å². The lowest BCUT2D eigenvalue weighted by Crippen LogP contribution is -2.34. The SMILES string of the molecule is COc1cc2c(cc1OC1CCCC1)[C@@H](CCc1c[nH]c3ccc(Br)cc13)N(C=O)CC2. The highest BCUT2D eigenvalue weighted by atomic mass is 79.9. The van der Waals surface area contributed by atoms with Gasteiger partial charge >= 0.3 is 0 Å². The van der Waals surface area contributed by atoms with Crippen molar-refractivity contribution in [3.8, 4) is 11.5 Å². The van der Waals surface area contributed by atoms with Gasteiger partial charge in [0, 0.05) is 28.1 Å². The van der Waals surface area contributed by atoms with Crippen molar-refractivity contribution in [1.82, 2.24) is 9.88 Å². The van der Waals surface area contributed by atoms with Gasteiger partial charge < -0.3 is 19.4 Å². The van der Waals surface area contributed by atoms with Crippen LogP contribution in [0.25, 0.3) is 10.9 Å². The van der Waals surface area contributed by atoms with E-state index < -0.39 is 0 Å². The normalized spacial score (nSPS) is 18.7. The van der Waals surface area contributed by atoms with Crippen LogP contribution in [-0.4, -0.2) is 36.1 Å². The molecule has 2 heterocycles. The van der Waals surface area contributed by atoms with E-state index in [-0.39, 0.29) is 12.1 Å². The molecule has 168 valence electrons. The van der Waals surface area contributed by atoms with Crippen LogP contribution in [0.4, 0.5) is 0 Å². The second-order valence-corrected chi connectivity index (χ2v) is 9.79. The Labute approximate surface area is 197 Å². The minimum absolute atomic E-state index is 0.0326. The number of halogens is 1. The standard InChI is InChI=1S/C26H29BrN2O3/c1-31-25-12-17-10-11-29(16-30)24(22(17)14-26(25)32-20-4-2-3-5-20)9-6-18-15-28-23-8-7-19(27)13-21(18)23/h7-8,12-16,20,24,28H,2-6,9-11H2,1H3/t24-/m1/s1. The van der Waals surface area contributed by atoms with Crippen LogP contribution in [0.15, 0.2) is 41.0 Å². The van der Waals surface area contributed by atoms with Crippen LogP contribution < -0.4 is 9.47 Å². The van der Waals surface area contributed by atoms with E-state index in [2.05, 4.69) is 51.4 Å². The summed E-state index contributed by atoms with van der Waals surface area (Å²) in [6.07, 6.45) is 10.6. The van der Waals surface area contributed by atoms with E-state index >= 15 is 0 Å². The molecule has 5 nitrogen and oxygen atoms in total. The zero-order valence-electron chi connectivity index (χ0n) is 18.4. The molecular weight excluding hydrogens is 468 g/mol. The first-order chi connectivity index (χ1) is 15.7. The molecule has 3 aromatic rings. The fourth-order valence-electron chi connectivity index (χ4n) is 5.26. The number of hydrogen-bond acceptors (Lipinski definition) is 3. The van der Waals surface area contributed by atoms with Gasteiger partial charge in [0.25, 0.3) is 0 Å². The molecule has 5 rings (SSSR count). The fraction of sp³-hybridized carbons (Fsp3) is 0.423. The highest BCUT2D eigenvalue weighted by Gasteiger charge is 2.29. The number of carbonyl (C=O) groups is 1. The van der Waals surface area contributed by atoms with Gasteiger partial charge in [-0.2, -0.15) is 0 Å². The molecule has 0 unspecified atom stereocenters. The van der Waals surface area contributed by atoms with Crippen molar-refractivity contribution in [3.05, 3.63) is 57.7 Å². The monoisotopic (exact) mass is 496 g/mol. The summed E-state index contributed by atoms with van der Waals surface area (Å²) < 4.78 is 13.1. The molecule has 1 fully saturated rings. The molecule has 2 aromatic carbocycles. The number of benzene rings is 2. The van der Waals surface area contributed by atoms with E-state index in [1.807, 2.05) is 11.0 Å². The third kappa shape index (κ3) is 4.13. The predicted octanol–water partition coefficient (Wildman–Crippen LogP) is 5.95. The molecule has 0 radical (unpaired) electrons. The van der Waals surface area contributed by atoms with E-state index in [1.165, 1.54) is 34.9 Å². The Morgan fingerprint density at radius 3 is 2.81 bits per heavy atom. The molecule has 32 heavy (non-hydrogen) atoms. The lowest BCUT2D eigenvalue weighted by Gasteiger charge is -2.35. The number of aromatic amines is 1. The molecule has 0 bridgehead atoms. The average Bonchev–Trinajstić information content (AvgIpc) is 3.46. The third-order valence-corrected chi connectivity index (χ3v) is 7.47. The van der Waals surface area contributed by atoms with Gasteiger partial charge in [0.2, 0.25) is 6.41 Å². The molecule has 1 N–H and O–H groups in total. The molecule has 1 aromatic heterocycles. The number of hydrogen-bond donors (Lipinski definition) is 1. The molecule has 6 heteroatoms. The van der Waals surface area contributed by atoms with Gasteiger partial charge in [0.1, 0.15) is 0 Å². The van der Waals surface area contributed by atoms with Crippen molar-refractivity contribution in [2.45, 2.75) is 57.1 Å². The van der Waals surface area contributed by atoms with Crippen molar-refractivity contribution < 1.29 is 14.3 Å². The Kier molecular flexibility index (Phi) is 6.13. The number of carbonyl (C=O) groups excluding carboxylic acids is 1. The molecule has 1 atom stereocenters. The number of amides is 1. The summed E-state index contributed by atoms with van der Waals surface area (Å²) in [5, 5.41) is 1.23. The van der Waals surface area contributed by atoms with Crippen LogP contribution in [0.1, 0.15) is 54.8 Å². The Hall–Kier alpha value is -2.47. The van der Waals surface area contributed by atoms with Gasteiger partial charge in [-0.3, -0.25) is 4.79 Å². The minimum atomic E-state index is 0.0326. The van der Waals surface area contributed by atoms with Crippen LogP contribution in [0.3, 0.4) is 0 Å². The summed E-state index contributed by atoms with van der Waals surface area (Å²) in [6, 6.07) is 10.6. The minimum Gasteiger partial charge on any atom is -0.493 e. The van der Waals surface area contributed by atoms with Crippen molar-refractivity contribution in [2.24, 2.45) is 0 Å². The summed E-state index contributed by atoms with van der Waals surface area (Å²) in [7, 11) is 1.70. The largest absolute Gasteiger partial charge is 0.493 e. The van der Waals surface area contributed by atoms with Gasteiger partial charge in [-0.25, -0.2) is 0 Å². The van der Waals surface area contributed by atoms with Crippen molar-refractivity contribution >= 4 is 33.2 Å². The number of nitrogens with one attached hydrogen (secondary N) is 1. The van der Waals surface area contributed by atoms with Gasteiger partial charge in [0.05, 0.1) is 19.3 Å². The topological polar surface area (TPSA) is 54.6 Å². The summed E-state index contributed by atoms with van der Waals surface area (Å²) in [6.45, 7) is 0.729. The van der Waals surface area contributed by atoms with Crippen molar-refractivity contribution in [3.63, 3.8) is 0 Å². The first-order valence-corrected chi connectivity index (χ1v) is 12.3. The first-order valence-electron chi connectivity index (χ1n) is 11.5. The number of nitrogens with zero attached hydrogens (tertiary/aromatic N) is 1. The first kappa shape index (κ1) is 21.4. The Bertz CT molecular complexity index is 1120. The molecule has 1 aliphatic carbocycles. The second kappa shape index (κ2) is 9.18. The van der Waals surface area contributed by atoms with Gasteiger partial charge in [-0.1, -0.05) is 15.9 Å². The number of rotatable bonds is 7. The van der Waals surface area contributed by atoms with Crippen LogP contribution in [-0.2, 0) is 17.6 Å². The second-order valence-electron chi connectivity index (χ2n) is 8.88. The van der Waals surface area contributed by atoms with E-state index in [9.17, 15) is 4.79 Å². The summed E-state index contributed by atoms with van der Waals surface area (Å²) in [5.41, 5.74) is 4.86. The summed E-state index contributed by atoms with van der Waals surface area (Å²) in [5.74, 6) is 1.61. The van der Waals surface area contributed by atoms with Gasteiger partial charge in [-0.15, -0.1) is 0 Å². The number of fused-ring (bicyclic) bond motifs is 2. The average molecular weight is 497 g/mol. The molecule has 1 aliphatic heterocycles. The Morgan fingerprint density at radius 2 is 2.03 bits per heavy atom. The number of methoxy groups -OCH3 is 1. The number of aryl methyl sites for hydroxylation is 1. The molecule has 0 spiro atoms. The van der Waals surface area contributed by atoms with Crippen LogP contribution >= 0.6 is 15.9 Å². The number of H-pyrrole nitrogens is 1. The zero-order chi connectivity index (χ0) is 22.1. The summed E-state index contributed by atoms with van der Waals surface area (Å²) in [4.78, 5) is 17.3. The third-order valence-electron chi connectivity index (χ3n) is 6.97. The molecule has 2 aliphatic rings. The molecular formula is C26H29BrN2O3. The highest BCUT2D eigenvalue weighted by Crippen LogP contribution is 2.41. The Balaban J connectivity index is 1.44. The lowest BCUT2D eigenvalue weighted by molar-refractivity contribution is -0.120. The van der Waals surface area contributed by atoms with Gasteiger partial charge in [0.15, 0.2) is 11.5 Å². The van der Waals surface area contributed by atoms with Crippen molar-refractivity contribution in [2.75, 3.05) is 13.7 Å². The van der Waals surface area contributed by atoms with E-state index in [0.717, 1.165) is 66.5 Å². The zero-order valence-corrected chi connectivity index (χ0v) is 20.0. The Morgan fingerprint density at radius 1 is 1.19 bits per heavy atom. The van der Waals surface area contributed by atoms with E-state index in [0.29, 0.717) is 0 Å². The van der Waals surface area contributed by atoms with Gasteiger partial charge in [-0.05, 0) is 92.0 Å². The van der Waals surface area contributed by atoms with Crippen molar-refractivity contribution in [1.29, 1.82) is 0 Å². The maximum atomic E-state index is 11.9. The molecule has 0 saturated heterocycles. The van der Waals surface area contributed by atoms with Crippen LogP contribution in [0.2, 0.25) is 0 Å². The number of ether oxygens (including phenoxy) is 2. The van der Waals surface area contributed by atoms with E-state index in [4.69, 9.17) is 9.47 Å². The van der Waals surface area contributed by atoms with Crippen LogP contribution in [0.5, 0.6) is 11.5 Å². The predicted molar refractivity (Wildman–Crippen MR) is 129 cm³/mol. The highest BCUT2D eigenvalue weighted by molar-refractivity contribution is 9.10. The maximum absolute atomic E-state index is 11.9. The molecule has 1 amide bonds. The number of aromatic nitrogens is 1. The smallest absolute Gasteiger partial charge is 0.210 e. The quantitative estimate of drug-likeness (QED) is 0.411. The maximum Gasteiger partial charge on any atom is 0.210 e. The summed E-state index contributed by atoms with van der Waals surface area (Å²) >= 11 is 3.58. The molecule has 1 saturated carbocycles. The lowest BCUT2D eigenvalue weighted by atomic mass is 9.88. The fourth-order valence-corrected chi connectivity index (χ4v) is 5.62.